The van der Waals surface area contributed by atoms with E-state index in [4.69, 9.17) is 4.74 Å². The van der Waals surface area contributed by atoms with Gasteiger partial charge in [-0.25, -0.2) is 9.69 Å². The van der Waals surface area contributed by atoms with Crippen LogP contribution in [0, 0.1) is 12.8 Å². The number of rotatable bonds is 1. The SMILES string of the molecule is Cc1ccc([C@]23C[C@H]2C(=O)N(C(=O)OC(C)(C)C)C3)cc1. The van der Waals surface area contributed by atoms with E-state index in [1.165, 1.54) is 10.5 Å². The Balaban J connectivity index is 1.80. The number of hydrogen-bond acceptors (Lipinski definition) is 3. The van der Waals surface area contributed by atoms with Gasteiger partial charge in [-0.2, -0.15) is 0 Å². The second kappa shape index (κ2) is 4.33. The summed E-state index contributed by atoms with van der Waals surface area (Å²) in [5.41, 5.74) is 1.58. The third kappa shape index (κ3) is 2.33. The van der Waals surface area contributed by atoms with Crippen LogP contribution >= 0.6 is 0 Å². The zero-order valence-corrected chi connectivity index (χ0v) is 13.0. The van der Waals surface area contributed by atoms with Crippen LogP contribution in [0.4, 0.5) is 4.79 Å². The fourth-order valence-corrected chi connectivity index (χ4v) is 3.12. The van der Waals surface area contributed by atoms with Gasteiger partial charge in [-0.05, 0) is 39.7 Å². The maximum Gasteiger partial charge on any atom is 0.417 e. The Labute approximate surface area is 125 Å². The molecule has 2 atom stereocenters. The lowest BCUT2D eigenvalue weighted by molar-refractivity contribution is -0.129. The molecule has 0 spiro atoms. The first-order valence-electron chi connectivity index (χ1n) is 7.34. The number of fused-ring (bicyclic) bond motifs is 1. The highest BCUT2D eigenvalue weighted by molar-refractivity contribution is 5.99. The molecule has 0 bridgehead atoms. The Morgan fingerprint density at radius 1 is 1.29 bits per heavy atom. The molecule has 1 saturated carbocycles. The van der Waals surface area contributed by atoms with Crippen molar-refractivity contribution < 1.29 is 14.3 Å². The number of imide groups is 1. The number of aryl methyl sites for hydroxylation is 1. The highest BCUT2D eigenvalue weighted by Gasteiger charge is 2.67. The lowest BCUT2D eigenvalue weighted by Gasteiger charge is -2.25. The van der Waals surface area contributed by atoms with Crippen molar-refractivity contribution in [2.75, 3.05) is 6.54 Å². The molecule has 3 rings (SSSR count). The number of carbonyl (C=O) groups excluding carboxylic acids is 2. The molecule has 1 aliphatic carbocycles. The van der Waals surface area contributed by atoms with Gasteiger partial charge in [0.05, 0.1) is 5.92 Å². The number of likely N-dealkylation sites (tertiary alicyclic amines) is 1. The molecule has 1 aromatic carbocycles. The summed E-state index contributed by atoms with van der Waals surface area (Å²) in [5.74, 6) is -0.155. The largest absolute Gasteiger partial charge is 0.443 e. The molecule has 2 aliphatic rings. The van der Waals surface area contributed by atoms with Crippen LogP contribution in [-0.4, -0.2) is 29.0 Å². The zero-order valence-electron chi connectivity index (χ0n) is 13.0. The first-order valence-corrected chi connectivity index (χ1v) is 7.34. The molecule has 112 valence electrons. The molecule has 2 fully saturated rings. The van der Waals surface area contributed by atoms with Gasteiger partial charge in [-0.15, -0.1) is 0 Å². The van der Waals surface area contributed by atoms with Crippen molar-refractivity contribution in [1.82, 2.24) is 4.90 Å². The Morgan fingerprint density at radius 3 is 2.48 bits per heavy atom. The smallest absolute Gasteiger partial charge is 0.417 e. The number of carbonyl (C=O) groups is 2. The van der Waals surface area contributed by atoms with Crippen molar-refractivity contribution in [3.63, 3.8) is 0 Å². The Hall–Kier alpha value is -1.84. The van der Waals surface area contributed by atoms with E-state index >= 15 is 0 Å². The van der Waals surface area contributed by atoms with E-state index in [1.54, 1.807) is 0 Å². The van der Waals surface area contributed by atoms with E-state index in [0.29, 0.717) is 6.54 Å². The highest BCUT2D eigenvalue weighted by atomic mass is 16.6. The second-order valence-electron chi connectivity index (χ2n) is 7.18. The molecule has 1 heterocycles. The maximum absolute atomic E-state index is 12.3. The van der Waals surface area contributed by atoms with Crippen molar-refractivity contribution in [3.8, 4) is 0 Å². The Morgan fingerprint density at radius 2 is 1.90 bits per heavy atom. The number of hydrogen-bond donors (Lipinski definition) is 0. The van der Waals surface area contributed by atoms with E-state index in [0.717, 1.165) is 12.0 Å². The molecule has 1 saturated heterocycles. The van der Waals surface area contributed by atoms with Gasteiger partial charge in [0.1, 0.15) is 5.60 Å². The van der Waals surface area contributed by atoms with Crippen LogP contribution in [0.3, 0.4) is 0 Å². The van der Waals surface area contributed by atoms with Crippen LogP contribution < -0.4 is 0 Å². The van der Waals surface area contributed by atoms with Crippen molar-refractivity contribution >= 4 is 12.0 Å². The van der Waals surface area contributed by atoms with Gasteiger partial charge in [0.25, 0.3) is 0 Å². The maximum atomic E-state index is 12.3. The topological polar surface area (TPSA) is 46.6 Å². The molecule has 0 unspecified atom stereocenters. The summed E-state index contributed by atoms with van der Waals surface area (Å²) in [7, 11) is 0. The lowest BCUT2D eigenvalue weighted by atomic mass is 9.94. The van der Waals surface area contributed by atoms with Gasteiger partial charge in [0.2, 0.25) is 5.91 Å². The van der Waals surface area contributed by atoms with Crippen LogP contribution in [0.25, 0.3) is 0 Å². The Bertz CT molecular complexity index is 599. The van der Waals surface area contributed by atoms with Crippen LogP contribution in [0.5, 0.6) is 0 Å². The van der Waals surface area contributed by atoms with Crippen molar-refractivity contribution in [1.29, 1.82) is 0 Å². The first-order chi connectivity index (χ1) is 9.73. The lowest BCUT2D eigenvalue weighted by Crippen LogP contribution is -2.40. The fourth-order valence-electron chi connectivity index (χ4n) is 3.12. The minimum atomic E-state index is -0.582. The summed E-state index contributed by atoms with van der Waals surface area (Å²) in [4.78, 5) is 25.8. The standard InChI is InChI=1S/C17H21NO3/c1-11-5-7-12(8-6-11)17-9-13(17)14(19)18(10-17)15(20)21-16(2,3)4/h5-8,13H,9-10H2,1-4H3/t13-,17+/m0/s1. The third-order valence-corrected chi connectivity index (χ3v) is 4.32. The van der Waals surface area contributed by atoms with Gasteiger partial charge in [-0.1, -0.05) is 29.8 Å². The fraction of sp³-hybridized carbons (Fsp3) is 0.529. The average molecular weight is 287 g/mol. The first kappa shape index (κ1) is 14.1. The molecule has 1 aromatic rings. The molecule has 0 aromatic heterocycles. The van der Waals surface area contributed by atoms with Crippen LogP contribution in [0.2, 0.25) is 0 Å². The summed E-state index contributed by atoms with van der Waals surface area (Å²) >= 11 is 0. The van der Waals surface area contributed by atoms with E-state index in [-0.39, 0.29) is 17.2 Å². The van der Waals surface area contributed by atoms with E-state index in [1.807, 2.05) is 27.7 Å². The normalized spacial score (nSPS) is 27.5. The summed E-state index contributed by atoms with van der Waals surface area (Å²) in [6.45, 7) is 7.90. The molecule has 0 radical (unpaired) electrons. The van der Waals surface area contributed by atoms with Crippen LogP contribution in [-0.2, 0) is 14.9 Å². The number of nitrogens with zero attached hydrogens (tertiary/aromatic N) is 1. The number of amides is 2. The molecule has 4 heteroatoms. The van der Waals surface area contributed by atoms with Gasteiger partial charge in [-0.3, -0.25) is 4.79 Å². The summed E-state index contributed by atoms with van der Waals surface area (Å²) in [6, 6.07) is 8.25. The van der Waals surface area contributed by atoms with E-state index in [9.17, 15) is 9.59 Å². The van der Waals surface area contributed by atoms with Crippen molar-refractivity contribution in [2.45, 2.75) is 45.1 Å². The van der Waals surface area contributed by atoms with Gasteiger partial charge in [0, 0.05) is 12.0 Å². The summed E-state index contributed by atoms with van der Waals surface area (Å²) in [5, 5.41) is 0. The molecule has 4 nitrogen and oxygen atoms in total. The van der Waals surface area contributed by atoms with Crippen molar-refractivity contribution in [3.05, 3.63) is 35.4 Å². The summed E-state index contributed by atoms with van der Waals surface area (Å²) in [6.07, 6.45) is 0.319. The third-order valence-electron chi connectivity index (χ3n) is 4.32. The predicted molar refractivity (Wildman–Crippen MR) is 78.9 cm³/mol. The molecule has 1 aliphatic heterocycles. The molecular formula is C17H21NO3. The summed E-state index contributed by atoms with van der Waals surface area (Å²) < 4.78 is 5.33. The zero-order chi connectivity index (χ0) is 15.4. The number of piperidine rings is 1. The monoisotopic (exact) mass is 287 g/mol. The van der Waals surface area contributed by atoms with Crippen LogP contribution in [0.1, 0.15) is 38.3 Å². The number of benzene rings is 1. The molecule has 0 N–H and O–H groups in total. The van der Waals surface area contributed by atoms with Gasteiger partial charge < -0.3 is 4.74 Å². The minimum absolute atomic E-state index is 0.0623. The van der Waals surface area contributed by atoms with Crippen molar-refractivity contribution in [2.24, 2.45) is 5.92 Å². The van der Waals surface area contributed by atoms with E-state index in [2.05, 4.69) is 24.3 Å². The molecule has 21 heavy (non-hydrogen) atoms. The minimum Gasteiger partial charge on any atom is -0.443 e. The van der Waals surface area contributed by atoms with E-state index < -0.39 is 11.7 Å². The highest BCUT2D eigenvalue weighted by Crippen LogP contribution is 2.59. The second-order valence-corrected chi connectivity index (χ2v) is 7.18. The van der Waals surface area contributed by atoms with Crippen LogP contribution in [0.15, 0.2) is 24.3 Å². The molecule has 2 amide bonds. The molecular weight excluding hydrogens is 266 g/mol. The van der Waals surface area contributed by atoms with Gasteiger partial charge in [0.15, 0.2) is 0 Å². The number of ether oxygens (including phenoxy) is 1. The predicted octanol–water partition coefficient (Wildman–Crippen LogP) is 3.03. The average Bonchev–Trinajstić information content (AvgIpc) is 3.03. The Kier molecular flexibility index (Phi) is 2.91. The quantitative estimate of drug-likeness (QED) is 0.797. The van der Waals surface area contributed by atoms with Gasteiger partial charge >= 0.3 is 6.09 Å².